The van der Waals surface area contributed by atoms with Crippen molar-refractivity contribution in [1.29, 1.82) is 0 Å². The van der Waals surface area contributed by atoms with Gasteiger partial charge in [0.05, 0.1) is 4.90 Å². The molecule has 0 unspecified atom stereocenters. The Labute approximate surface area is 132 Å². The second-order valence-corrected chi connectivity index (χ2v) is 8.62. The molecule has 3 rings (SSSR count). The number of benzene rings is 1. The first-order valence-corrected chi connectivity index (χ1v) is 9.64. The first-order chi connectivity index (χ1) is 10.0. The van der Waals surface area contributed by atoms with Gasteiger partial charge in [-0.05, 0) is 61.6 Å². The molecule has 0 aliphatic heterocycles. The van der Waals surface area contributed by atoms with E-state index in [0.29, 0.717) is 35.7 Å². The highest BCUT2D eigenvalue weighted by Gasteiger charge is 2.36. The molecule has 2 aliphatic carbocycles. The van der Waals surface area contributed by atoms with E-state index in [0.717, 1.165) is 36.8 Å². The van der Waals surface area contributed by atoms with Gasteiger partial charge in [0, 0.05) is 19.0 Å². The number of nitrogens with zero attached hydrogens (tertiary/aromatic N) is 1. The van der Waals surface area contributed by atoms with Crippen molar-refractivity contribution in [1.82, 2.24) is 4.31 Å². The van der Waals surface area contributed by atoms with Crippen LogP contribution in [-0.4, -0.2) is 25.8 Å². The van der Waals surface area contributed by atoms with Gasteiger partial charge in [0.2, 0.25) is 10.0 Å². The summed E-state index contributed by atoms with van der Waals surface area (Å²) in [4.78, 5) is 0.432. The highest BCUT2D eigenvalue weighted by Crippen LogP contribution is 2.36. The Bertz CT molecular complexity index is 607. The summed E-state index contributed by atoms with van der Waals surface area (Å²) >= 11 is 5.86. The molecule has 1 aromatic rings. The summed E-state index contributed by atoms with van der Waals surface area (Å²) in [5.41, 5.74) is 1.67. The van der Waals surface area contributed by atoms with Crippen molar-refractivity contribution in [3.63, 3.8) is 0 Å². The third-order valence-electron chi connectivity index (χ3n) is 4.34. The molecule has 0 aromatic heterocycles. The van der Waals surface area contributed by atoms with Crippen LogP contribution in [0.5, 0.6) is 0 Å². The van der Waals surface area contributed by atoms with Gasteiger partial charge in [0.25, 0.3) is 0 Å². The maximum Gasteiger partial charge on any atom is 0.243 e. The zero-order chi connectivity index (χ0) is 15.0. The summed E-state index contributed by atoms with van der Waals surface area (Å²) in [5, 5.41) is 0. The van der Waals surface area contributed by atoms with Crippen LogP contribution in [0.2, 0.25) is 0 Å². The number of hydrogen-bond acceptors (Lipinski definition) is 2. The molecule has 0 bridgehead atoms. The second kappa shape index (κ2) is 5.90. The van der Waals surface area contributed by atoms with Crippen molar-refractivity contribution in [3.8, 4) is 0 Å². The molecule has 0 atom stereocenters. The number of alkyl halides is 1. The van der Waals surface area contributed by atoms with E-state index in [-0.39, 0.29) is 0 Å². The van der Waals surface area contributed by atoms with Crippen LogP contribution in [0.3, 0.4) is 0 Å². The van der Waals surface area contributed by atoms with Gasteiger partial charge >= 0.3 is 0 Å². The third-order valence-corrected chi connectivity index (χ3v) is 6.62. The quantitative estimate of drug-likeness (QED) is 0.718. The Hall–Kier alpha value is -0.580. The average Bonchev–Trinajstić information content (AvgIpc) is 3.33. The minimum Gasteiger partial charge on any atom is -0.207 e. The fourth-order valence-electron chi connectivity index (χ4n) is 2.59. The Morgan fingerprint density at radius 3 is 2.19 bits per heavy atom. The van der Waals surface area contributed by atoms with Crippen molar-refractivity contribution in [2.75, 3.05) is 13.1 Å². The molecule has 0 saturated heterocycles. The van der Waals surface area contributed by atoms with E-state index >= 15 is 0 Å². The molecule has 5 heteroatoms. The number of hydrogen-bond donors (Lipinski definition) is 0. The van der Waals surface area contributed by atoms with Crippen LogP contribution < -0.4 is 0 Å². The van der Waals surface area contributed by atoms with Crippen LogP contribution in [0.4, 0.5) is 0 Å². The zero-order valence-electron chi connectivity index (χ0n) is 12.4. The van der Waals surface area contributed by atoms with E-state index < -0.39 is 10.0 Å². The molecule has 2 saturated carbocycles. The lowest BCUT2D eigenvalue weighted by Crippen LogP contribution is -2.35. The number of sulfonamides is 1. The van der Waals surface area contributed by atoms with E-state index in [4.69, 9.17) is 11.6 Å². The second-order valence-electron chi connectivity index (χ2n) is 6.44. The zero-order valence-corrected chi connectivity index (χ0v) is 14.0. The van der Waals surface area contributed by atoms with Gasteiger partial charge in [0.1, 0.15) is 0 Å². The van der Waals surface area contributed by atoms with Gasteiger partial charge in [0.15, 0.2) is 0 Å². The van der Waals surface area contributed by atoms with Gasteiger partial charge in [-0.25, -0.2) is 8.42 Å². The molecular weight excluding hydrogens is 306 g/mol. The largest absolute Gasteiger partial charge is 0.243 e. The van der Waals surface area contributed by atoms with Crippen LogP contribution in [-0.2, 0) is 15.9 Å². The molecule has 0 heterocycles. The molecule has 116 valence electrons. The molecule has 2 aliphatic rings. The topological polar surface area (TPSA) is 37.4 Å². The van der Waals surface area contributed by atoms with E-state index in [1.54, 1.807) is 10.4 Å². The van der Waals surface area contributed by atoms with E-state index in [1.807, 2.05) is 19.1 Å². The van der Waals surface area contributed by atoms with Crippen LogP contribution >= 0.6 is 11.6 Å². The summed E-state index contributed by atoms with van der Waals surface area (Å²) in [6.45, 7) is 3.23. The Kier molecular flexibility index (Phi) is 4.30. The standard InChI is InChI=1S/C16H22ClNO2S/c1-12-2-3-15(9-17)8-16(12)21(19,20)18(10-13-4-5-13)11-14-6-7-14/h2-3,8,13-14H,4-7,9-11H2,1H3. The molecule has 0 spiro atoms. The van der Waals surface area contributed by atoms with E-state index in [2.05, 4.69) is 0 Å². The monoisotopic (exact) mass is 327 g/mol. The number of aryl methyl sites for hydroxylation is 1. The fourth-order valence-corrected chi connectivity index (χ4v) is 4.63. The summed E-state index contributed by atoms with van der Waals surface area (Å²) in [7, 11) is -3.40. The molecule has 0 N–H and O–H groups in total. The minimum atomic E-state index is -3.40. The maximum atomic E-state index is 13.0. The first-order valence-electron chi connectivity index (χ1n) is 7.66. The SMILES string of the molecule is Cc1ccc(CCl)cc1S(=O)(=O)N(CC1CC1)CC1CC1. The normalized spacial score (nSPS) is 19.2. The lowest BCUT2D eigenvalue weighted by Gasteiger charge is -2.23. The Morgan fingerprint density at radius 2 is 1.71 bits per heavy atom. The number of halogens is 1. The molecule has 2 fully saturated rings. The Balaban J connectivity index is 1.91. The van der Waals surface area contributed by atoms with Crippen molar-refractivity contribution in [2.24, 2.45) is 11.8 Å². The van der Waals surface area contributed by atoms with Crippen LogP contribution in [0.1, 0.15) is 36.8 Å². The summed E-state index contributed by atoms with van der Waals surface area (Å²) in [5.74, 6) is 1.47. The number of rotatable bonds is 7. The predicted octanol–water partition coefficient (Wildman–Crippen LogP) is 3.54. The van der Waals surface area contributed by atoms with Gasteiger partial charge in [-0.15, -0.1) is 11.6 Å². The minimum absolute atomic E-state index is 0.341. The van der Waals surface area contributed by atoms with Crippen molar-refractivity contribution in [3.05, 3.63) is 29.3 Å². The van der Waals surface area contributed by atoms with Crippen molar-refractivity contribution >= 4 is 21.6 Å². The summed E-state index contributed by atoms with van der Waals surface area (Å²) in [6.07, 6.45) is 4.66. The lowest BCUT2D eigenvalue weighted by atomic mass is 10.2. The first kappa shape index (κ1) is 15.3. The fraction of sp³-hybridized carbons (Fsp3) is 0.625. The molecule has 0 radical (unpaired) electrons. The van der Waals surface area contributed by atoms with Gasteiger partial charge in [-0.1, -0.05) is 12.1 Å². The molecule has 0 amide bonds. The van der Waals surface area contributed by atoms with Crippen LogP contribution in [0.25, 0.3) is 0 Å². The van der Waals surface area contributed by atoms with Gasteiger partial charge in [-0.2, -0.15) is 4.31 Å². The summed E-state index contributed by atoms with van der Waals surface area (Å²) < 4.78 is 27.8. The third kappa shape index (κ3) is 3.61. The van der Waals surface area contributed by atoms with Crippen LogP contribution in [0.15, 0.2) is 23.1 Å². The summed E-state index contributed by atoms with van der Waals surface area (Å²) in [6, 6.07) is 5.50. The molecule has 3 nitrogen and oxygen atoms in total. The highest BCUT2D eigenvalue weighted by molar-refractivity contribution is 7.89. The van der Waals surface area contributed by atoms with Crippen molar-refractivity contribution in [2.45, 2.75) is 43.4 Å². The van der Waals surface area contributed by atoms with E-state index in [1.165, 1.54) is 0 Å². The molecular formula is C16H22ClNO2S. The smallest absolute Gasteiger partial charge is 0.207 e. The van der Waals surface area contributed by atoms with Gasteiger partial charge in [-0.3, -0.25) is 0 Å². The maximum absolute atomic E-state index is 13.0. The van der Waals surface area contributed by atoms with Crippen LogP contribution in [0, 0.1) is 18.8 Å². The molecule has 1 aromatic carbocycles. The molecule has 21 heavy (non-hydrogen) atoms. The van der Waals surface area contributed by atoms with E-state index in [9.17, 15) is 8.42 Å². The van der Waals surface area contributed by atoms with Crippen molar-refractivity contribution < 1.29 is 8.42 Å². The lowest BCUT2D eigenvalue weighted by molar-refractivity contribution is 0.382. The average molecular weight is 328 g/mol. The highest BCUT2D eigenvalue weighted by atomic mass is 35.5. The Morgan fingerprint density at radius 1 is 1.14 bits per heavy atom. The van der Waals surface area contributed by atoms with Gasteiger partial charge < -0.3 is 0 Å². The predicted molar refractivity (Wildman–Crippen MR) is 84.9 cm³/mol.